The van der Waals surface area contributed by atoms with Gasteiger partial charge in [-0.1, -0.05) is 0 Å². The highest BCUT2D eigenvalue weighted by Crippen LogP contribution is 2.22. The van der Waals surface area contributed by atoms with Crippen molar-refractivity contribution in [1.29, 1.82) is 0 Å². The number of benzene rings is 2. The maximum atomic E-state index is 8.36. The molecule has 0 heterocycles. The molecular formula is C18H24N10O7. The second-order valence-electron chi connectivity index (χ2n) is 6.05. The van der Waals surface area contributed by atoms with Crippen LogP contribution in [0.5, 0.6) is 11.5 Å². The molecule has 2 rings (SSSR count). The van der Waals surface area contributed by atoms with Crippen molar-refractivity contribution < 1.29 is 25.3 Å². The topological polar surface area (TPSA) is 289 Å². The van der Waals surface area contributed by atoms with E-state index in [0.29, 0.717) is 22.9 Å². The van der Waals surface area contributed by atoms with Gasteiger partial charge >= 0.3 is 0 Å². The summed E-state index contributed by atoms with van der Waals surface area (Å²) in [6.07, 6.45) is 0. The summed E-state index contributed by atoms with van der Waals surface area (Å²) in [6.45, 7) is 3.63. The molecule has 17 nitrogen and oxygen atoms in total. The molecule has 35 heavy (non-hydrogen) atoms. The van der Waals surface area contributed by atoms with Crippen molar-refractivity contribution >= 4 is 23.3 Å². The Morgan fingerprint density at radius 3 is 1.17 bits per heavy atom. The first-order chi connectivity index (χ1) is 16.3. The Bertz CT molecular complexity index is 994. The van der Waals surface area contributed by atoms with Crippen LogP contribution in [0.4, 0.5) is 0 Å². The fraction of sp³-hybridized carbons (Fsp3) is 0.111. The summed E-state index contributed by atoms with van der Waals surface area (Å²) in [5.74, 6) is 1.20. The van der Waals surface area contributed by atoms with Gasteiger partial charge in [-0.2, -0.15) is 10.2 Å². The van der Waals surface area contributed by atoms with E-state index in [1.807, 2.05) is 62.4 Å². The molecular weight excluding hydrogens is 468 g/mol. The van der Waals surface area contributed by atoms with Gasteiger partial charge in [0, 0.05) is 0 Å². The predicted octanol–water partition coefficient (Wildman–Crippen LogP) is 0.778. The molecule has 10 N–H and O–H groups in total. The molecule has 0 radical (unpaired) electrons. The van der Waals surface area contributed by atoms with Crippen LogP contribution in [0.3, 0.4) is 0 Å². The number of hydrogen-bond acceptors (Lipinski definition) is 9. The first kappa shape index (κ1) is 29.5. The molecule has 188 valence electrons. The van der Waals surface area contributed by atoms with Crippen molar-refractivity contribution in [2.45, 2.75) is 13.8 Å². The maximum absolute atomic E-state index is 8.36. The van der Waals surface area contributed by atoms with Crippen LogP contribution in [-0.2, 0) is 0 Å². The molecule has 0 saturated carbocycles. The summed E-state index contributed by atoms with van der Waals surface area (Å²) >= 11 is 0. The smallest absolute Gasteiger partial charge is 0.291 e. The van der Waals surface area contributed by atoms with Crippen LogP contribution < -0.4 is 27.7 Å². The van der Waals surface area contributed by atoms with Crippen molar-refractivity contribution in [1.82, 2.24) is 0 Å². The van der Waals surface area contributed by atoms with E-state index in [9.17, 15) is 0 Å². The number of nitrogens with zero attached hydrogens (tertiary/aromatic N) is 6. The monoisotopic (exact) mass is 492 g/mol. The highest BCUT2D eigenvalue weighted by atomic mass is 16.9. The highest BCUT2D eigenvalue weighted by molar-refractivity contribution is 5.99. The molecule has 0 unspecified atom stereocenters. The van der Waals surface area contributed by atoms with Crippen molar-refractivity contribution in [3.05, 3.63) is 79.9 Å². The average Bonchev–Trinajstić information content (AvgIpc) is 2.76. The van der Waals surface area contributed by atoms with E-state index >= 15 is 0 Å². The van der Waals surface area contributed by atoms with Gasteiger partial charge in [-0.15, -0.1) is 30.4 Å². The summed E-state index contributed by atoms with van der Waals surface area (Å²) in [5.41, 5.74) is 24.2. The third-order valence-corrected chi connectivity index (χ3v) is 3.41. The SMILES string of the molecule is CC(=NN=C(N)N)c1ccc(Oc2ccc(C(C)=NN=C(N)N)cc2)cc1.O=[N+]([O-])O.O=[N+]([O-])O. The zero-order valence-electron chi connectivity index (χ0n) is 18.5. The van der Waals surface area contributed by atoms with Crippen LogP contribution >= 0.6 is 0 Å². The fourth-order valence-corrected chi connectivity index (χ4v) is 2.05. The Labute approximate surface area is 197 Å². The lowest BCUT2D eigenvalue weighted by Gasteiger charge is -2.07. The second-order valence-corrected chi connectivity index (χ2v) is 6.05. The summed E-state index contributed by atoms with van der Waals surface area (Å²) in [6, 6.07) is 14.8. The van der Waals surface area contributed by atoms with Crippen LogP contribution in [0.2, 0.25) is 0 Å². The van der Waals surface area contributed by atoms with Gasteiger partial charge in [-0.3, -0.25) is 0 Å². The highest BCUT2D eigenvalue weighted by Gasteiger charge is 2.02. The summed E-state index contributed by atoms with van der Waals surface area (Å²) in [5, 5.41) is 42.4. The molecule has 0 aliphatic rings. The molecule has 0 amide bonds. The van der Waals surface area contributed by atoms with Crippen molar-refractivity contribution in [2.75, 3.05) is 0 Å². The first-order valence-corrected chi connectivity index (χ1v) is 9.13. The zero-order valence-corrected chi connectivity index (χ0v) is 18.5. The molecule has 0 atom stereocenters. The molecule has 0 fully saturated rings. The molecule has 17 heteroatoms. The van der Waals surface area contributed by atoms with E-state index < -0.39 is 10.2 Å². The van der Waals surface area contributed by atoms with E-state index in [1.54, 1.807) is 0 Å². The summed E-state index contributed by atoms with van der Waals surface area (Å²) in [7, 11) is 0. The molecule has 0 aliphatic heterocycles. The largest absolute Gasteiger partial charge is 0.457 e. The number of hydrogen-bond donors (Lipinski definition) is 6. The van der Waals surface area contributed by atoms with Crippen molar-refractivity contribution in [2.24, 2.45) is 43.3 Å². The predicted molar refractivity (Wildman–Crippen MR) is 127 cm³/mol. The van der Waals surface area contributed by atoms with E-state index in [2.05, 4.69) is 20.4 Å². The Hall–Kier alpha value is -5.48. The fourth-order valence-electron chi connectivity index (χ4n) is 2.05. The third kappa shape index (κ3) is 15.0. The lowest BCUT2D eigenvalue weighted by atomic mass is 10.1. The van der Waals surface area contributed by atoms with Crippen molar-refractivity contribution in [3.63, 3.8) is 0 Å². The molecule has 0 spiro atoms. The Morgan fingerprint density at radius 1 is 0.686 bits per heavy atom. The molecule has 0 aliphatic carbocycles. The van der Waals surface area contributed by atoms with Gasteiger partial charge in [0.05, 0.1) is 11.4 Å². The number of rotatable bonds is 6. The Morgan fingerprint density at radius 2 is 0.943 bits per heavy atom. The van der Waals surface area contributed by atoms with Crippen LogP contribution in [0, 0.1) is 20.2 Å². The molecule has 0 bridgehead atoms. The van der Waals surface area contributed by atoms with Gasteiger partial charge in [-0.05, 0) is 73.5 Å². The van der Waals surface area contributed by atoms with Crippen LogP contribution in [0.25, 0.3) is 0 Å². The molecule has 0 saturated heterocycles. The van der Waals surface area contributed by atoms with E-state index in [-0.39, 0.29) is 11.9 Å². The van der Waals surface area contributed by atoms with Crippen molar-refractivity contribution in [3.8, 4) is 11.5 Å². The van der Waals surface area contributed by atoms with Gasteiger partial charge in [0.1, 0.15) is 11.5 Å². The maximum Gasteiger partial charge on any atom is 0.291 e. The van der Waals surface area contributed by atoms with Gasteiger partial charge in [0.25, 0.3) is 10.2 Å². The van der Waals surface area contributed by atoms with Gasteiger partial charge in [0.15, 0.2) is 0 Å². The number of ether oxygens (including phenoxy) is 1. The normalized spacial score (nSPS) is 10.3. The van der Waals surface area contributed by atoms with Crippen LogP contribution in [0.15, 0.2) is 68.9 Å². The summed E-state index contributed by atoms with van der Waals surface area (Å²) < 4.78 is 5.83. The van der Waals surface area contributed by atoms with E-state index in [1.165, 1.54) is 0 Å². The zero-order chi connectivity index (χ0) is 27.0. The number of nitrogens with two attached hydrogens (primary N) is 4. The van der Waals surface area contributed by atoms with Gasteiger partial charge in [0.2, 0.25) is 11.9 Å². The molecule has 2 aromatic rings. The second kappa shape index (κ2) is 15.3. The lowest BCUT2D eigenvalue weighted by molar-refractivity contribution is -0.742. The quantitative estimate of drug-likeness (QED) is 0.142. The Balaban J connectivity index is 0.00000126. The Kier molecular flexibility index (Phi) is 12.9. The minimum atomic E-state index is -1.50. The van der Waals surface area contributed by atoms with E-state index in [4.69, 9.17) is 58.3 Å². The van der Waals surface area contributed by atoms with E-state index in [0.717, 1.165) is 11.1 Å². The molecule has 2 aromatic carbocycles. The molecule has 0 aromatic heterocycles. The lowest BCUT2D eigenvalue weighted by Crippen LogP contribution is -2.22. The third-order valence-electron chi connectivity index (χ3n) is 3.41. The first-order valence-electron chi connectivity index (χ1n) is 9.13. The summed E-state index contributed by atoms with van der Waals surface area (Å²) in [4.78, 5) is 16.7. The minimum Gasteiger partial charge on any atom is -0.457 e. The van der Waals surface area contributed by atoms with Gasteiger partial charge < -0.3 is 38.1 Å². The van der Waals surface area contributed by atoms with Crippen LogP contribution in [-0.4, -0.2) is 43.9 Å². The van der Waals surface area contributed by atoms with Gasteiger partial charge in [-0.25, -0.2) is 0 Å². The minimum absolute atomic E-state index is 0.0867. The number of guanidine groups is 2. The standard InChI is InChI=1S/C18H22N8O.2HNO3/c1-11(23-25-17(19)20)13-3-7-15(8-4-13)27-16-9-5-14(6-10-16)12(2)24-26-18(21)22;2*2-1(3)4/h3-10H,1-2H3,(H4,19,20,25)(H4,21,22,26);2*(H,2,3,4). The average molecular weight is 492 g/mol. The van der Waals surface area contributed by atoms with Crippen LogP contribution in [0.1, 0.15) is 25.0 Å².